The molecule has 0 unspecified atom stereocenters. The molecule has 2 aromatic heterocycles. The fourth-order valence-electron chi connectivity index (χ4n) is 3.69. The smallest absolute Gasteiger partial charge is 0.225 e. The van der Waals surface area contributed by atoms with Crippen LogP contribution in [0.1, 0.15) is 32.6 Å². The van der Waals surface area contributed by atoms with Gasteiger partial charge in [0.25, 0.3) is 0 Å². The van der Waals surface area contributed by atoms with Gasteiger partial charge in [-0.15, -0.1) is 0 Å². The molecule has 1 fully saturated rings. The van der Waals surface area contributed by atoms with E-state index in [1.54, 1.807) is 6.20 Å². The summed E-state index contributed by atoms with van der Waals surface area (Å²) in [7, 11) is 0. The van der Waals surface area contributed by atoms with Gasteiger partial charge in [-0.05, 0) is 44.0 Å². The van der Waals surface area contributed by atoms with Crippen LogP contribution in [0.5, 0.6) is 5.88 Å². The van der Waals surface area contributed by atoms with Gasteiger partial charge < -0.3 is 20.5 Å². The van der Waals surface area contributed by atoms with Crippen molar-refractivity contribution < 1.29 is 9.47 Å². The number of hydrazine groups is 1. The van der Waals surface area contributed by atoms with Crippen molar-refractivity contribution in [3.63, 3.8) is 0 Å². The zero-order valence-corrected chi connectivity index (χ0v) is 17.8. The summed E-state index contributed by atoms with van der Waals surface area (Å²) >= 11 is 0. The minimum absolute atomic E-state index is 0.402. The van der Waals surface area contributed by atoms with E-state index in [1.165, 1.54) is 17.9 Å². The van der Waals surface area contributed by atoms with E-state index in [0.29, 0.717) is 49.2 Å². The molecule has 31 heavy (non-hydrogen) atoms. The highest BCUT2D eigenvalue weighted by Gasteiger charge is 2.18. The summed E-state index contributed by atoms with van der Waals surface area (Å²) < 4.78 is 10.9. The number of nitrogens with one attached hydrogen (secondary N) is 1. The van der Waals surface area contributed by atoms with E-state index in [0.717, 1.165) is 29.4 Å². The summed E-state index contributed by atoms with van der Waals surface area (Å²) in [6, 6.07) is 9.91. The number of ether oxygens (including phenoxy) is 2. The predicted molar refractivity (Wildman–Crippen MR) is 122 cm³/mol. The summed E-state index contributed by atoms with van der Waals surface area (Å²) in [5.41, 5.74) is 8.09. The second-order valence-corrected chi connectivity index (χ2v) is 7.54. The SMILES string of the molecule is CCOCCOc1ccc2cc(N(N)c3nc(NC4CCCC4)ncc3N)ccc2n1. The molecular weight excluding hydrogens is 394 g/mol. The van der Waals surface area contributed by atoms with E-state index in [9.17, 15) is 0 Å². The molecule has 0 saturated heterocycles. The van der Waals surface area contributed by atoms with Crippen LogP contribution in [0.2, 0.25) is 0 Å². The van der Waals surface area contributed by atoms with Crippen LogP contribution in [-0.2, 0) is 4.74 Å². The maximum absolute atomic E-state index is 6.39. The van der Waals surface area contributed by atoms with E-state index in [2.05, 4.69) is 20.3 Å². The molecule has 0 atom stereocenters. The van der Waals surface area contributed by atoms with Crippen molar-refractivity contribution in [3.8, 4) is 5.88 Å². The van der Waals surface area contributed by atoms with Gasteiger partial charge in [0.2, 0.25) is 11.8 Å². The zero-order chi connectivity index (χ0) is 21.6. The van der Waals surface area contributed by atoms with E-state index < -0.39 is 0 Å². The Morgan fingerprint density at radius 1 is 1.13 bits per heavy atom. The lowest BCUT2D eigenvalue weighted by Crippen LogP contribution is -2.28. The topological polar surface area (TPSA) is 124 Å². The first-order valence-electron chi connectivity index (χ1n) is 10.7. The zero-order valence-electron chi connectivity index (χ0n) is 17.8. The average molecular weight is 424 g/mol. The van der Waals surface area contributed by atoms with Gasteiger partial charge in [-0.2, -0.15) is 4.98 Å². The maximum Gasteiger partial charge on any atom is 0.225 e. The number of hydrogen-bond acceptors (Lipinski definition) is 9. The predicted octanol–water partition coefficient (Wildman–Crippen LogP) is 3.39. The number of nitrogens with two attached hydrogens (primary N) is 2. The molecule has 0 aliphatic heterocycles. The lowest BCUT2D eigenvalue weighted by molar-refractivity contribution is 0.108. The Kier molecular flexibility index (Phi) is 6.63. The standard InChI is InChI=1S/C22H29N7O2/c1-2-30-11-12-31-20-10-7-15-13-17(8-9-19(15)27-20)29(24)21-18(23)14-25-22(28-21)26-16-5-3-4-6-16/h7-10,13-14,16H,2-6,11-12,23-24H2,1H3,(H,25,26,28). The summed E-state index contributed by atoms with van der Waals surface area (Å²) in [5.74, 6) is 7.95. The molecule has 3 aromatic rings. The minimum atomic E-state index is 0.402. The Balaban J connectivity index is 1.51. The van der Waals surface area contributed by atoms with Gasteiger partial charge in [0, 0.05) is 24.1 Å². The molecule has 1 aliphatic rings. The molecule has 0 amide bonds. The fraction of sp³-hybridized carbons (Fsp3) is 0.409. The van der Waals surface area contributed by atoms with Crippen LogP contribution in [0, 0.1) is 0 Å². The molecular formula is C22H29N7O2. The number of rotatable bonds is 9. The molecule has 164 valence electrons. The van der Waals surface area contributed by atoms with Gasteiger partial charge in [-0.1, -0.05) is 12.8 Å². The first-order valence-corrected chi connectivity index (χ1v) is 10.7. The van der Waals surface area contributed by atoms with Crippen LogP contribution in [0.4, 0.5) is 23.1 Å². The first kappa shape index (κ1) is 21.1. The van der Waals surface area contributed by atoms with Crippen LogP contribution in [0.15, 0.2) is 36.5 Å². The van der Waals surface area contributed by atoms with Gasteiger partial charge >= 0.3 is 0 Å². The third-order valence-corrected chi connectivity index (χ3v) is 5.32. The lowest BCUT2D eigenvalue weighted by Gasteiger charge is -2.21. The highest BCUT2D eigenvalue weighted by Crippen LogP contribution is 2.29. The maximum atomic E-state index is 6.39. The molecule has 0 spiro atoms. The minimum Gasteiger partial charge on any atom is -0.475 e. The second kappa shape index (κ2) is 9.76. The van der Waals surface area contributed by atoms with Crippen molar-refractivity contribution in [1.29, 1.82) is 0 Å². The molecule has 9 nitrogen and oxygen atoms in total. The summed E-state index contributed by atoms with van der Waals surface area (Å²) in [6.07, 6.45) is 6.31. The van der Waals surface area contributed by atoms with Crippen LogP contribution >= 0.6 is 0 Å². The highest BCUT2D eigenvalue weighted by atomic mass is 16.5. The van der Waals surface area contributed by atoms with Gasteiger partial charge in [-0.25, -0.2) is 15.8 Å². The number of nitrogen functional groups attached to an aromatic ring is 1. The lowest BCUT2D eigenvalue weighted by atomic mass is 10.2. The molecule has 2 heterocycles. The van der Waals surface area contributed by atoms with Crippen molar-refractivity contribution in [2.24, 2.45) is 5.84 Å². The largest absolute Gasteiger partial charge is 0.475 e. The molecule has 4 rings (SSSR count). The third kappa shape index (κ3) is 5.12. The van der Waals surface area contributed by atoms with E-state index >= 15 is 0 Å². The number of hydrogen-bond donors (Lipinski definition) is 3. The molecule has 1 saturated carbocycles. The number of aromatic nitrogens is 3. The van der Waals surface area contributed by atoms with Crippen molar-refractivity contribution in [2.45, 2.75) is 38.6 Å². The molecule has 0 radical (unpaired) electrons. The average Bonchev–Trinajstić information content (AvgIpc) is 3.30. The van der Waals surface area contributed by atoms with Gasteiger partial charge in [0.1, 0.15) is 6.61 Å². The molecule has 1 aliphatic carbocycles. The Hall–Kier alpha value is -3.17. The Bertz CT molecular complexity index is 1020. The Morgan fingerprint density at radius 3 is 2.77 bits per heavy atom. The third-order valence-electron chi connectivity index (χ3n) is 5.32. The fourth-order valence-corrected chi connectivity index (χ4v) is 3.69. The van der Waals surface area contributed by atoms with E-state index in [-0.39, 0.29) is 0 Å². The normalized spacial score (nSPS) is 14.1. The Labute approximate surface area is 181 Å². The second-order valence-electron chi connectivity index (χ2n) is 7.54. The van der Waals surface area contributed by atoms with Gasteiger partial charge in [-0.3, -0.25) is 5.01 Å². The van der Waals surface area contributed by atoms with E-state index in [1.807, 2.05) is 37.3 Å². The summed E-state index contributed by atoms with van der Waals surface area (Å²) in [5, 5.41) is 5.79. The van der Waals surface area contributed by atoms with Crippen molar-refractivity contribution >= 4 is 34.0 Å². The van der Waals surface area contributed by atoms with Crippen molar-refractivity contribution in [1.82, 2.24) is 15.0 Å². The number of anilines is 4. The quantitative estimate of drug-likeness (QED) is 0.270. The van der Waals surface area contributed by atoms with Crippen molar-refractivity contribution in [3.05, 3.63) is 36.5 Å². The van der Waals surface area contributed by atoms with E-state index in [4.69, 9.17) is 21.1 Å². The number of nitrogens with zero attached hydrogens (tertiary/aromatic N) is 4. The summed E-state index contributed by atoms with van der Waals surface area (Å²) in [6.45, 7) is 3.62. The van der Waals surface area contributed by atoms with Crippen LogP contribution in [0.3, 0.4) is 0 Å². The molecule has 0 bridgehead atoms. The molecule has 1 aromatic carbocycles. The van der Waals surface area contributed by atoms with Gasteiger partial charge in [0.05, 0.1) is 29.7 Å². The molecule has 5 N–H and O–H groups in total. The van der Waals surface area contributed by atoms with Crippen LogP contribution in [-0.4, -0.2) is 40.8 Å². The van der Waals surface area contributed by atoms with Crippen LogP contribution in [0.25, 0.3) is 10.9 Å². The number of benzene rings is 1. The number of fused-ring (bicyclic) bond motifs is 1. The van der Waals surface area contributed by atoms with Crippen molar-refractivity contribution in [2.75, 3.05) is 35.9 Å². The highest BCUT2D eigenvalue weighted by molar-refractivity contribution is 5.84. The Morgan fingerprint density at radius 2 is 1.97 bits per heavy atom. The van der Waals surface area contributed by atoms with Crippen LogP contribution < -0.4 is 26.6 Å². The monoisotopic (exact) mass is 423 g/mol. The van der Waals surface area contributed by atoms with Gasteiger partial charge in [0.15, 0.2) is 5.82 Å². The molecule has 9 heteroatoms. The number of pyridine rings is 1. The summed E-state index contributed by atoms with van der Waals surface area (Å²) in [4.78, 5) is 13.4. The first-order chi connectivity index (χ1) is 15.1.